The molecule has 1 aromatic rings. The van der Waals surface area contributed by atoms with E-state index in [0.717, 1.165) is 28.2 Å². The number of nitrogens with zero attached hydrogens (tertiary/aromatic N) is 1. The minimum absolute atomic E-state index is 0.484. The summed E-state index contributed by atoms with van der Waals surface area (Å²) in [5.74, 6) is 2.59. The fourth-order valence-corrected chi connectivity index (χ4v) is 2.29. The topological polar surface area (TPSA) is 20.3 Å². The van der Waals surface area contributed by atoms with Crippen LogP contribution in [-0.4, -0.2) is 31.3 Å². The first-order valence-electron chi connectivity index (χ1n) is 5.00. The number of thiophene rings is 1. The molecule has 1 rings (SSSR count). The van der Waals surface area contributed by atoms with E-state index in [1.807, 2.05) is 24.1 Å². The van der Waals surface area contributed by atoms with Crippen molar-refractivity contribution in [3.05, 3.63) is 28.5 Å². The number of aldehydes is 1. The van der Waals surface area contributed by atoms with Crippen LogP contribution in [0.25, 0.3) is 5.57 Å². The predicted molar refractivity (Wildman–Crippen MR) is 69.5 cm³/mol. The minimum atomic E-state index is 0.484. The molecule has 0 bridgehead atoms. The van der Waals surface area contributed by atoms with Gasteiger partial charge in [0.2, 0.25) is 0 Å². The molecule has 3 heteroatoms. The van der Waals surface area contributed by atoms with Crippen LogP contribution < -0.4 is 0 Å². The molecule has 0 aliphatic rings. The number of likely N-dealkylation sites (N-methyl/N-ethyl adjacent to an activating group) is 1. The van der Waals surface area contributed by atoms with Crippen molar-refractivity contribution in [3.63, 3.8) is 0 Å². The van der Waals surface area contributed by atoms with Crippen LogP contribution in [0.5, 0.6) is 0 Å². The molecular weight excluding hydrogens is 218 g/mol. The Kier molecular flexibility index (Phi) is 4.97. The lowest BCUT2D eigenvalue weighted by atomic mass is 10.2. The zero-order chi connectivity index (χ0) is 12.0. The Morgan fingerprint density at radius 1 is 1.69 bits per heavy atom. The Bertz CT molecular complexity index is 414. The second-order valence-corrected chi connectivity index (χ2v) is 4.79. The summed E-state index contributed by atoms with van der Waals surface area (Å²) in [6, 6.07) is 3.98. The van der Waals surface area contributed by atoms with E-state index in [9.17, 15) is 4.79 Å². The van der Waals surface area contributed by atoms with E-state index < -0.39 is 0 Å². The highest BCUT2D eigenvalue weighted by Gasteiger charge is 2.05. The van der Waals surface area contributed by atoms with E-state index in [2.05, 4.69) is 12.5 Å². The Hall–Kier alpha value is -1.37. The quantitative estimate of drug-likeness (QED) is 0.554. The molecule has 0 N–H and O–H groups in total. The molecule has 0 aromatic carbocycles. The van der Waals surface area contributed by atoms with Crippen molar-refractivity contribution in [3.8, 4) is 12.3 Å². The highest BCUT2D eigenvalue weighted by molar-refractivity contribution is 7.13. The van der Waals surface area contributed by atoms with Crippen molar-refractivity contribution in [1.29, 1.82) is 0 Å². The van der Waals surface area contributed by atoms with E-state index >= 15 is 0 Å². The number of terminal acetylenes is 1. The van der Waals surface area contributed by atoms with Gasteiger partial charge in [-0.1, -0.05) is 12.5 Å². The van der Waals surface area contributed by atoms with Crippen LogP contribution in [0.2, 0.25) is 0 Å². The van der Waals surface area contributed by atoms with Crippen molar-refractivity contribution in [1.82, 2.24) is 4.90 Å². The molecule has 1 heterocycles. The van der Waals surface area contributed by atoms with Crippen LogP contribution in [0.4, 0.5) is 0 Å². The summed E-state index contributed by atoms with van der Waals surface area (Å²) >= 11 is 1.62. The molecule has 1 aromatic heterocycles. The third-order valence-electron chi connectivity index (χ3n) is 2.12. The molecular formula is C13H15NOS. The molecule has 16 heavy (non-hydrogen) atoms. The van der Waals surface area contributed by atoms with Crippen molar-refractivity contribution < 1.29 is 4.79 Å². The van der Waals surface area contributed by atoms with Gasteiger partial charge in [0.15, 0.2) is 0 Å². The monoisotopic (exact) mass is 233 g/mol. The maximum absolute atomic E-state index is 10.4. The smallest absolute Gasteiger partial charge is 0.125 e. The Labute approximate surface area is 101 Å². The molecule has 0 aliphatic heterocycles. The SMILES string of the molecule is C#CCN(C)CC(=C)c1ccc(CC=O)s1. The second kappa shape index (κ2) is 6.26. The Balaban J connectivity index is 2.59. The molecule has 0 amide bonds. The normalized spacial score (nSPS) is 10.1. The maximum Gasteiger partial charge on any atom is 0.125 e. The van der Waals surface area contributed by atoms with Gasteiger partial charge in [-0.3, -0.25) is 4.90 Å². The van der Waals surface area contributed by atoms with Crippen LogP contribution in [0.1, 0.15) is 9.75 Å². The highest BCUT2D eigenvalue weighted by Crippen LogP contribution is 2.23. The van der Waals surface area contributed by atoms with E-state index in [1.165, 1.54) is 0 Å². The lowest BCUT2D eigenvalue weighted by molar-refractivity contribution is -0.107. The van der Waals surface area contributed by atoms with E-state index in [1.54, 1.807) is 11.3 Å². The molecule has 2 nitrogen and oxygen atoms in total. The van der Waals surface area contributed by atoms with Crippen LogP contribution >= 0.6 is 11.3 Å². The first kappa shape index (κ1) is 12.7. The van der Waals surface area contributed by atoms with E-state index in [4.69, 9.17) is 6.42 Å². The van der Waals surface area contributed by atoms with Gasteiger partial charge in [0.1, 0.15) is 6.29 Å². The Morgan fingerprint density at radius 2 is 2.44 bits per heavy atom. The largest absolute Gasteiger partial charge is 0.303 e. The summed E-state index contributed by atoms with van der Waals surface area (Å²) in [6.07, 6.45) is 6.63. The average Bonchev–Trinajstić information content (AvgIpc) is 2.67. The van der Waals surface area contributed by atoms with Crippen LogP contribution in [0, 0.1) is 12.3 Å². The molecule has 0 unspecified atom stereocenters. The molecule has 0 spiro atoms. The van der Waals surface area contributed by atoms with Crippen molar-refractivity contribution in [2.75, 3.05) is 20.1 Å². The molecule has 84 valence electrons. The van der Waals surface area contributed by atoms with Gasteiger partial charge in [-0.15, -0.1) is 17.8 Å². The number of carbonyl (C=O) groups excluding carboxylic acids is 1. The summed E-state index contributed by atoms with van der Waals surface area (Å²) in [6.45, 7) is 5.40. The summed E-state index contributed by atoms with van der Waals surface area (Å²) in [5.41, 5.74) is 1.04. The number of rotatable bonds is 6. The molecule has 0 radical (unpaired) electrons. The van der Waals surface area contributed by atoms with Gasteiger partial charge in [0.25, 0.3) is 0 Å². The summed E-state index contributed by atoms with van der Waals surface area (Å²) in [5, 5.41) is 0. The van der Waals surface area contributed by atoms with Gasteiger partial charge >= 0.3 is 0 Å². The third kappa shape index (κ3) is 3.65. The van der Waals surface area contributed by atoms with Crippen molar-refractivity contribution >= 4 is 23.2 Å². The van der Waals surface area contributed by atoms with Gasteiger partial charge in [0.05, 0.1) is 6.54 Å². The molecule has 0 saturated heterocycles. The van der Waals surface area contributed by atoms with Crippen LogP contribution in [-0.2, 0) is 11.2 Å². The fourth-order valence-electron chi connectivity index (χ4n) is 1.38. The zero-order valence-corrected chi connectivity index (χ0v) is 10.2. The van der Waals surface area contributed by atoms with E-state index in [0.29, 0.717) is 13.0 Å². The maximum atomic E-state index is 10.4. The third-order valence-corrected chi connectivity index (χ3v) is 3.33. The van der Waals surface area contributed by atoms with Crippen molar-refractivity contribution in [2.24, 2.45) is 0 Å². The molecule has 0 fully saturated rings. The van der Waals surface area contributed by atoms with Crippen LogP contribution in [0.3, 0.4) is 0 Å². The first-order valence-corrected chi connectivity index (χ1v) is 5.81. The van der Waals surface area contributed by atoms with Crippen LogP contribution in [0.15, 0.2) is 18.7 Å². The summed E-state index contributed by atoms with van der Waals surface area (Å²) in [7, 11) is 1.96. The van der Waals surface area contributed by atoms with Crippen molar-refractivity contribution in [2.45, 2.75) is 6.42 Å². The highest BCUT2D eigenvalue weighted by atomic mass is 32.1. The van der Waals surface area contributed by atoms with Gasteiger partial charge in [-0.2, -0.15) is 0 Å². The standard InChI is InChI=1S/C13H15NOS/c1-4-8-14(3)10-11(2)13-6-5-12(16-13)7-9-15/h1,5-6,9H,2,7-8,10H2,3H3. The van der Waals surface area contributed by atoms with Gasteiger partial charge in [-0.25, -0.2) is 0 Å². The van der Waals surface area contributed by atoms with Gasteiger partial charge < -0.3 is 4.79 Å². The number of carbonyl (C=O) groups is 1. The minimum Gasteiger partial charge on any atom is -0.303 e. The number of hydrogen-bond donors (Lipinski definition) is 0. The Morgan fingerprint density at radius 3 is 3.06 bits per heavy atom. The zero-order valence-electron chi connectivity index (χ0n) is 9.40. The lowest BCUT2D eigenvalue weighted by Gasteiger charge is -2.13. The molecule has 0 saturated carbocycles. The van der Waals surface area contributed by atoms with E-state index in [-0.39, 0.29) is 0 Å². The fraction of sp³-hybridized carbons (Fsp3) is 0.308. The predicted octanol–water partition coefficient (Wildman–Crippen LogP) is 2.07. The van der Waals surface area contributed by atoms with Gasteiger partial charge in [0, 0.05) is 22.7 Å². The second-order valence-electron chi connectivity index (χ2n) is 3.62. The molecule has 0 aliphatic carbocycles. The number of hydrogen-bond acceptors (Lipinski definition) is 3. The summed E-state index contributed by atoms with van der Waals surface area (Å²) in [4.78, 5) is 14.6. The summed E-state index contributed by atoms with van der Waals surface area (Å²) < 4.78 is 0. The first-order chi connectivity index (χ1) is 7.67. The average molecular weight is 233 g/mol. The lowest BCUT2D eigenvalue weighted by Crippen LogP contribution is -2.20. The van der Waals surface area contributed by atoms with Gasteiger partial charge in [-0.05, 0) is 24.8 Å². The molecule has 0 atom stereocenters.